The molecule has 0 radical (unpaired) electrons. The smallest absolute Gasteiger partial charge is 0.255 e. The fraction of sp³-hybridized carbons (Fsp3) is 0.278. The van der Waals surface area contributed by atoms with Crippen LogP contribution in [0.4, 0.5) is 5.69 Å². The molecular formula is C18H19NO2. The van der Waals surface area contributed by atoms with Gasteiger partial charge in [-0.15, -0.1) is 0 Å². The summed E-state index contributed by atoms with van der Waals surface area (Å²) in [5, 5.41) is 2.94. The first-order valence-corrected chi connectivity index (χ1v) is 7.30. The largest absolute Gasteiger partial charge is 0.493 e. The highest BCUT2D eigenvalue weighted by Gasteiger charge is 2.15. The third-order valence-electron chi connectivity index (χ3n) is 3.79. The molecule has 0 saturated carbocycles. The van der Waals surface area contributed by atoms with E-state index in [2.05, 4.69) is 31.3 Å². The lowest BCUT2D eigenvalue weighted by atomic mass is 10.0. The molecular weight excluding hydrogens is 262 g/mol. The molecule has 3 rings (SSSR count). The first-order chi connectivity index (χ1) is 10.1. The molecule has 0 fully saturated rings. The Morgan fingerprint density at radius 3 is 2.62 bits per heavy atom. The molecule has 2 aromatic carbocycles. The number of rotatable bonds is 3. The van der Waals surface area contributed by atoms with E-state index in [-0.39, 0.29) is 5.91 Å². The van der Waals surface area contributed by atoms with Crippen molar-refractivity contribution in [1.29, 1.82) is 0 Å². The van der Waals surface area contributed by atoms with Crippen molar-refractivity contribution in [2.45, 2.75) is 26.2 Å². The average molecular weight is 281 g/mol. The summed E-state index contributed by atoms with van der Waals surface area (Å²) >= 11 is 0. The molecule has 0 atom stereocenters. The lowest BCUT2D eigenvalue weighted by Crippen LogP contribution is -2.12. The molecule has 1 heterocycles. The second-order valence-electron chi connectivity index (χ2n) is 5.65. The lowest BCUT2D eigenvalue weighted by molar-refractivity contribution is 0.102. The summed E-state index contributed by atoms with van der Waals surface area (Å²) in [7, 11) is 0. The van der Waals surface area contributed by atoms with E-state index in [1.807, 2.05) is 30.3 Å². The number of benzene rings is 2. The maximum atomic E-state index is 12.3. The van der Waals surface area contributed by atoms with Gasteiger partial charge < -0.3 is 10.1 Å². The van der Waals surface area contributed by atoms with E-state index < -0.39 is 0 Å². The fourth-order valence-corrected chi connectivity index (χ4v) is 2.48. The van der Waals surface area contributed by atoms with Crippen LogP contribution in [-0.4, -0.2) is 12.5 Å². The molecule has 0 aromatic heterocycles. The van der Waals surface area contributed by atoms with Crippen LogP contribution in [0.1, 0.15) is 41.3 Å². The summed E-state index contributed by atoms with van der Waals surface area (Å²) in [6.07, 6.45) is 0.875. The van der Waals surface area contributed by atoms with Crippen LogP contribution in [0, 0.1) is 0 Å². The number of ether oxygens (including phenoxy) is 1. The van der Waals surface area contributed by atoms with Gasteiger partial charge in [-0.1, -0.05) is 26.0 Å². The number of anilines is 1. The highest BCUT2D eigenvalue weighted by Crippen LogP contribution is 2.26. The van der Waals surface area contributed by atoms with Crippen LogP contribution in [0.25, 0.3) is 0 Å². The maximum Gasteiger partial charge on any atom is 0.255 e. The Kier molecular flexibility index (Phi) is 3.65. The van der Waals surface area contributed by atoms with Gasteiger partial charge in [0.2, 0.25) is 0 Å². The van der Waals surface area contributed by atoms with Gasteiger partial charge in [0.05, 0.1) is 6.61 Å². The van der Waals surface area contributed by atoms with Gasteiger partial charge in [0, 0.05) is 17.7 Å². The average Bonchev–Trinajstić information content (AvgIpc) is 2.95. The molecule has 3 nitrogen and oxygen atoms in total. The van der Waals surface area contributed by atoms with E-state index in [0.29, 0.717) is 18.1 Å². The monoisotopic (exact) mass is 281 g/mol. The first kappa shape index (κ1) is 13.7. The van der Waals surface area contributed by atoms with Gasteiger partial charge in [0.15, 0.2) is 0 Å². The molecule has 2 aromatic rings. The van der Waals surface area contributed by atoms with Crippen LogP contribution in [0.5, 0.6) is 5.75 Å². The third kappa shape index (κ3) is 2.92. The maximum absolute atomic E-state index is 12.3. The molecule has 108 valence electrons. The molecule has 1 amide bonds. The zero-order valence-corrected chi connectivity index (χ0v) is 12.3. The van der Waals surface area contributed by atoms with Gasteiger partial charge in [-0.25, -0.2) is 0 Å². The van der Waals surface area contributed by atoms with E-state index in [9.17, 15) is 4.79 Å². The van der Waals surface area contributed by atoms with Gasteiger partial charge in [0.25, 0.3) is 5.91 Å². The van der Waals surface area contributed by atoms with Crippen molar-refractivity contribution < 1.29 is 9.53 Å². The molecule has 3 heteroatoms. The van der Waals surface area contributed by atoms with Crippen molar-refractivity contribution in [3.8, 4) is 5.75 Å². The summed E-state index contributed by atoms with van der Waals surface area (Å²) in [4.78, 5) is 12.3. The molecule has 1 aliphatic heterocycles. The van der Waals surface area contributed by atoms with Crippen molar-refractivity contribution in [2.75, 3.05) is 11.9 Å². The molecule has 0 aliphatic carbocycles. The standard InChI is InChI=1S/C18H19NO2/c1-12(2)13-3-6-16(7-4-13)19-18(20)15-5-8-17-14(11-15)9-10-21-17/h3-8,11-12H,9-10H2,1-2H3,(H,19,20). The van der Waals surface area contributed by atoms with Gasteiger partial charge in [-0.2, -0.15) is 0 Å². The molecule has 0 saturated heterocycles. The quantitative estimate of drug-likeness (QED) is 0.923. The lowest BCUT2D eigenvalue weighted by Gasteiger charge is -2.09. The summed E-state index contributed by atoms with van der Waals surface area (Å²) in [5.74, 6) is 1.31. The highest BCUT2D eigenvalue weighted by molar-refractivity contribution is 6.04. The van der Waals surface area contributed by atoms with Gasteiger partial charge in [0.1, 0.15) is 5.75 Å². The topological polar surface area (TPSA) is 38.3 Å². The van der Waals surface area contributed by atoms with E-state index in [1.54, 1.807) is 0 Å². The first-order valence-electron chi connectivity index (χ1n) is 7.30. The van der Waals surface area contributed by atoms with Crippen molar-refractivity contribution >= 4 is 11.6 Å². The molecule has 1 N–H and O–H groups in total. The van der Waals surface area contributed by atoms with E-state index in [0.717, 1.165) is 23.4 Å². The SMILES string of the molecule is CC(C)c1ccc(NC(=O)c2ccc3c(c2)CCO3)cc1. The van der Waals surface area contributed by atoms with E-state index in [4.69, 9.17) is 4.74 Å². The summed E-state index contributed by atoms with van der Waals surface area (Å²) in [6.45, 7) is 5.01. The predicted octanol–water partition coefficient (Wildman–Crippen LogP) is 4.00. The van der Waals surface area contributed by atoms with Crippen LogP contribution in [0.15, 0.2) is 42.5 Å². The number of carbonyl (C=O) groups is 1. The number of hydrogen-bond donors (Lipinski definition) is 1. The normalized spacial score (nSPS) is 12.9. The van der Waals surface area contributed by atoms with Crippen LogP contribution < -0.4 is 10.1 Å². The van der Waals surface area contributed by atoms with Crippen molar-refractivity contribution in [2.24, 2.45) is 0 Å². The van der Waals surface area contributed by atoms with Crippen molar-refractivity contribution in [3.63, 3.8) is 0 Å². The summed E-state index contributed by atoms with van der Waals surface area (Å²) in [6, 6.07) is 13.6. The van der Waals surface area contributed by atoms with Crippen LogP contribution in [0.3, 0.4) is 0 Å². The number of nitrogens with one attached hydrogen (secondary N) is 1. The molecule has 1 aliphatic rings. The van der Waals surface area contributed by atoms with Crippen molar-refractivity contribution in [1.82, 2.24) is 0 Å². The number of fused-ring (bicyclic) bond motifs is 1. The Morgan fingerprint density at radius 2 is 1.90 bits per heavy atom. The Hall–Kier alpha value is -2.29. The summed E-state index contributed by atoms with van der Waals surface area (Å²) in [5.41, 5.74) is 3.87. The van der Waals surface area contributed by atoms with Gasteiger partial charge in [-0.3, -0.25) is 4.79 Å². The van der Waals surface area contributed by atoms with Crippen LogP contribution in [0.2, 0.25) is 0 Å². The molecule has 0 bridgehead atoms. The minimum Gasteiger partial charge on any atom is -0.493 e. The van der Waals surface area contributed by atoms with E-state index in [1.165, 1.54) is 5.56 Å². The Balaban J connectivity index is 1.74. The zero-order valence-electron chi connectivity index (χ0n) is 12.3. The molecule has 0 unspecified atom stereocenters. The Bertz CT molecular complexity index is 659. The van der Waals surface area contributed by atoms with Crippen LogP contribution in [-0.2, 0) is 6.42 Å². The third-order valence-corrected chi connectivity index (χ3v) is 3.79. The van der Waals surface area contributed by atoms with Gasteiger partial charge >= 0.3 is 0 Å². The predicted molar refractivity (Wildman–Crippen MR) is 84.1 cm³/mol. The highest BCUT2D eigenvalue weighted by atomic mass is 16.5. The molecule has 21 heavy (non-hydrogen) atoms. The van der Waals surface area contributed by atoms with E-state index >= 15 is 0 Å². The molecule has 0 spiro atoms. The number of hydrogen-bond acceptors (Lipinski definition) is 2. The van der Waals surface area contributed by atoms with Gasteiger partial charge in [-0.05, 0) is 47.4 Å². The fourth-order valence-electron chi connectivity index (χ4n) is 2.48. The minimum atomic E-state index is -0.0815. The number of carbonyl (C=O) groups excluding carboxylic acids is 1. The van der Waals surface area contributed by atoms with Crippen LogP contribution >= 0.6 is 0 Å². The Labute approximate surface area is 124 Å². The Morgan fingerprint density at radius 1 is 1.14 bits per heavy atom. The van der Waals surface area contributed by atoms with Crippen molar-refractivity contribution in [3.05, 3.63) is 59.2 Å². The second-order valence-corrected chi connectivity index (χ2v) is 5.65. The summed E-state index contributed by atoms with van der Waals surface area (Å²) < 4.78 is 5.46. The number of amides is 1. The second kappa shape index (κ2) is 5.60. The zero-order chi connectivity index (χ0) is 14.8. The minimum absolute atomic E-state index is 0.0815.